The maximum absolute atomic E-state index is 13.0. The van der Waals surface area contributed by atoms with E-state index in [0.717, 1.165) is 32.1 Å². The molecule has 1 fully saturated rings. The van der Waals surface area contributed by atoms with Gasteiger partial charge in [-0.3, -0.25) is 9.59 Å². The number of hydrogen-bond donors (Lipinski definition) is 3. The molecule has 33 heavy (non-hydrogen) atoms. The molecule has 9 heteroatoms. The lowest BCUT2D eigenvalue weighted by molar-refractivity contribution is -0.142. The molecule has 0 aromatic heterocycles. The largest absolute Gasteiger partial charge is 0.507 e. The van der Waals surface area contributed by atoms with Gasteiger partial charge in [0.1, 0.15) is 22.1 Å². The Morgan fingerprint density at radius 3 is 2.24 bits per heavy atom. The van der Waals surface area contributed by atoms with Crippen LogP contribution in [-0.4, -0.2) is 36.3 Å². The van der Waals surface area contributed by atoms with Crippen molar-refractivity contribution in [3.05, 3.63) is 47.0 Å². The van der Waals surface area contributed by atoms with E-state index in [2.05, 4.69) is 0 Å². The van der Waals surface area contributed by atoms with Crippen LogP contribution in [0.2, 0.25) is 0 Å². The summed E-state index contributed by atoms with van der Waals surface area (Å²) in [5.41, 5.74) is 6.58. The molecule has 2 aromatic rings. The molecule has 0 aliphatic heterocycles. The number of sulfone groups is 1. The van der Waals surface area contributed by atoms with Crippen molar-refractivity contribution < 1.29 is 33.0 Å². The Morgan fingerprint density at radius 1 is 1.09 bits per heavy atom. The number of carbonyl (C=O) groups excluding carboxylic acids is 1. The number of ether oxygens (including phenoxy) is 1. The van der Waals surface area contributed by atoms with Crippen molar-refractivity contribution >= 4 is 21.7 Å². The minimum Gasteiger partial charge on any atom is -0.507 e. The smallest absolute Gasteiger partial charge is 0.320 e. The average molecular weight is 476 g/mol. The summed E-state index contributed by atoms with van der Waals surface area (Å²) in [6.07, 6.45) is 4.88. The van der Waals surface area contributed by atoms with Crippen LogP contribution in [0.5, 0.6) is 17.2 Å². The van der Waals surface area contributed by atoms with E-state index >= 15 is 0 Å². The fourth-order valence-corrected chi connectivity index (χ4v) is 6.23. The van der Waals surface area contributed by atoms with Crippen LogP contribution in [0.3, 0.4) is 0 Å². The minimum absolute atomic E-state index is 0.0134. The van der Waals surface area contributed by atoms with Crippen LogP contribution < -0.4 is 10.5 Å². The molecule has 0 spiro atoms. The zero-order valence-corrected chi connectivity index (χ0v) is 19.5. The van der Waals surface area contributed by atoms with E-state index in [-0.39, 0.29) is 33.6 Å². The van der Waals surface area contributed by atoms with Gasteiger partial charge in [0.15, 0.2) is 15.8 Å². The van der Waals surface area contributed by atoms with Gasteiger partial charge in [-0.2, -0.15) is 0 Å². The Kier molecular flexibility index (Phi) is 7.31. The normalized spacial score (nSPS) is 15.7. The fourth-order valence-electron chi connectivity index (χ4n) is 4.42. The Hall–Kier alpha value is -3.07. The van der Waals surface area contributed by atoms with Crippen LogP contribution in [0, 0.1) is 19.8 Å². The van der Waals surface area contributed by atoms with E-state index in [1.165, 1.54) is 30.3 Å². The van der Waals surface area contributed by atoms with Gasteiger partial charge in [-0.05, 0) is 61.4 Å². The average Bonchev–Trinajstić information content (AvgIpc) is 2.71. The Morgan fingerprint density at radius 2 is 1.70 bits per heavy atom. The van der Waals surface area contributed by atoms with E-state index < -0.39 is 27.6 Å². The number of primary amides is 1. The number of carbonyl (C=O) groups is 2. The lowest BCUT2D eigenvalue weighted by Crippen LogP contribution is -2.28. The van der Waals surface area contributed by atoms with Gasteiger partial charge in [0, 0.05) is 6.07 Å². The molecular formula is C24H29NO7S. The number of aromatic hydroxyl groups is 1. The number of nitrogens with two attached hydrogens (primary N) is 1. The van der Waals surface area contributed by atoms with Gasteiger partial charge in [0.25, 0.3) is 0 Å². The number of rotatable bonds is 8. The standard InChI is InChI=1S/C24H29NO7S/c1-14-10-17(21(23(25)27)24(28)29)11-15(2)22(14)32-18-8-9-19(26)20(12-18)33(30,31)13-16-6-4-3-5-7-16/h8-12,16,21,26H,3-7,13H2,1-2H3,(H2,25,27)(H,28,29). The summed E-state index contributed by atoms with van der Waals surface area (Å²) >= 11 is 0. The molecule has 1 aliphatic rings. The highest BCUT2D eigenvalue weighted by Gasteiger charge is 2.28. The first-order valence-electron chi connectivity index (χ1n) is 10.9. The Labute approximate surface area is 193 Å². The highest BCUT2D eigenvalue weighted by molar-refractivity contribution is 7.91. The minimum atomic E-state index is -3.71. The molecule has 8 nitrogen and oxygen atoms in total. The number of carboxylic acid groups (broad SMARTS) is 1. The second-order valence-electron chi connectivity index (χ2n) is 8.67. The highest BCUT2D eigenvalue weighted by atomic mass is 32.2. The molecule has 1 unspecified atom stereocenters. The van der Waals surface area contributed by atoms with Gasteiger partial charge in [0.05, 0.1) is 5.75 Å². The second kappa shape index (κ2) is 9.82. The first-order chi connectivity index (χ1) is 15.5. The molecule has 2 aromatic carbocycles. The molecular weight excluding hydrogens is 446 g/mol. The number of aryl methyl sites for hydroxylation is 2. The Balaban J connectivity index is 1.90. The van der Waals surface area contributed by atoms with Crippen LogP contribution in [0.25, 0.3) is 0 Å². The van der Waals surface area contributed by atoms with Gasteiger partial charge < -0.3 is 20.7 Å². The molecule has 0 heterocycles. The summed E-state index contributed by atoms with van der Waals surface area (Å²) in [5.74, 6) is -3.44. The molecule has 1 amide bonds. The highest BCUT2D eigenvalue weighted by Crippen LogP contribution is 2.36. The third-order valence-electron chi connectivity index (χ3n) is 6.01. The predicted molar refractivity (Wildman–Crippen MR) is 122 cm³/mol. The molecule has 0 bridgehead atoms. The molecule has 178 valence electrons. The lowest BCUT2D eigenvalue weighted by Gasteiger charge is -2.21. The molecule has 1 atom stereocenters. The van der Waals surface area contributed by atoms with E-state index in [4.69, 9.17) is 10.5 Å². The first kappa shape index (κ1) is 24.6. The van der Waals surface area contributed by atoms with Crippen LogP contribution in [0.1, 0.15) is 54.7 Å². The van der Waals surface area contributed by atoms with Gasteiger partial charge in [-0.25, -0.2) is 8.42 Å². The monoisotopic (exact) mass is 475 g/mol. The van der Waals surface area contributed by atoms with Crippen molar-refractivity contribution in [2.75, 3.05) is 5.75 Å². The van der Waals surface area contributed by atoms with Crippen molar-refractivity contribution in [1.29, 1.82) is 0 Å². The van der Waals surface area contributed by atoms with E-state index in [1.54, 1.807) is 13.8 Å². The second-order valence-corrected chi connectivity index (χ2v) is 10.7. The molecule has 4 N–H and O–H groups in total. The van der Waals surface area contributed by atoms with Crippen LogP contribution in [0.15, 0.2) is 35.2 Å². The topological polar surface area (TPSA) is 144 Å². The van der Waals surface area contributed by atoms with Crippen LogP contribution >= 0.6 is 0 Å². The molecule has 3 rings (SSSR count). The maximum Gasteiger partial charge on any atom is 0.320 e. The van der Waals surface area contributed by atoms with Crippen LogP contribution in [0.4, 0.5) is 0 Å². The third-order valence-corrected chi connectivity index (χ3v) is 7.92. The third kappa shape index (κ3) is 5.65. The van der Waals surface area contributed by atoms with Gasteiger partial charge in [-0.1, -0.05) is 31.4 Å². The van der Waals surface area contributed by atoms with E-state index in [1.807, 2.05) is 0 Å². The van der Waals surface area contributed by atoms with Crippen molar-refractivity contribution in [2.24, 2.45) is 11.7 Å². The zero-order chi connectivity index (χ0) is 24.3. The van der Waals surface area contributed by atoms with Gasteiger partial charge in [-0.15, -0.1) is 0 Å². The van der Waals surface area contributed by atoms with Gasteiger partial charge >= 0.3 is 5.97 Å². The number of aliphatic carboxylic acids is 1. The summed E-state index contributed by atoms with van der Waals surface area (Å²) in [5, 5.41) is 19.6. The molecule has 0 radical (unpaired) electrons. The van der Waals surface area contributed by atoms with Crippen molar-refractivity contribution in [2.45, 2.75) is 56.8 Å². The SMILES string of the molecule is Cc1cc(C(C(N)=O)C(=O)O)cc(C)c1Oc1ccc(O)c(S(=O)(=O)CC2CCCCC2)c1. The Bertz CT molecular complexity index is 1130. The number of amides is 1. The molecule has 1 aliphatic carbocycles. The lowest BCUT2D eigenvalue weighted by atomic mass is 9.91. The first-order valence-corrected chi connectivity index (χ1v) is 12.5. The van der Waals surface area contributed by atoms with Crippen molar-refractivity contribution in [3.63, 3.8) is 0 Å². The summed E-state index contributed by atoms with van der Waals surface area (Å²) in [4.78, 5) is 22.8. The van der Waals surface area contributed by atoms with Crippen LogP contribution in [-0.2, 0) is 19.4 Å². The van der Waals surface area contributed by atoms with Crippen molar-refractivity contribution in [3.8, 4) is 17.2 Å². The molecule has 0 saturated heterocycles. The molecule has 1 saturated carbocycles. The quantitative estimate of drug-likeness (QED) is 0.492. The number of phenols is 1. The number of hydrogen-bond acceptors (Lipinski definition) is 6. The number of carboxylic acids is 1. The summed E-state index contributed by atoms with van der Waals surface area (Å²) in [6, 6.07) is 7.07. The van der Waals surface area contributed by atoms with E-state index in [0.29, 0.717) is 16.9 Å². The predicted octanol–water partition coefficient (Wildman–Crippen LogP) is 3.81. The van der Waals surface area contributed by atoms with Crippen molar-refractivity contribution in [1.82, 2.24) is 0 Å². The summed E-state index contributed by atoms with van der Waals surface area (Å²) in [7, 11) is -3.71. The van der Waals surface area contributed by atoms with E-state index in [9.17, 15) is 28.2 Å². The summed E-state index contributed by atoms with van der Waals surface area (Å²) < 4.78 is 31.9. The summed E-state index contributed by atoms with van der Waals surface area (Å²) in [6.45, 7) is 3.37. The fraction of sp³-hybridized carbons (Fsp3) is 0.417. The zero-order valence-electron chi connectivity index (χ0n) is 18.7. The maximum atomic E-state index is 13.0. The number of phenolic OH excluding ortho intramolecular Hbond substituents is 1. The van der Waals surface area contributed by atoms with Gasteiger partial charge in [0.2, 0.25) is 5.91 Å². The number of benzene rings is 2.